The average molecular weight is 1260 g/mol. The van der Waals surface area contributed by atoms with Gasteiger partial charge in [0.2, 0.25) is 20.0 Å². The van der Waals surface area contributed by atoms with Gasteiger partial charge in [0.25, 0.3) is 23.6 Å². The van der Waals surface area contributed by atoms with E-state index in [1.807, 2.05) is 42.5 Å². The number of rotatable bonds is 24. The Morgan fingerprint density at radius 1 is 0.529 bits per heavy atom. The number of carbonyl (C=O) groups is 4. The minimum atomic E-state index is -3.65. The van der Waals surface area contributed by atoms with Crippen molar-refractivity contribution in [1.29, 1.82) is 0 Å². The molecule has 0 bridgehead atoms. The zero-order valence-electron chi connectivity index (χ0n) is 48.3. The third kappa shape index (κ3) is 13.9. The highest BCUT2D eigenvalue weighted by atomic mass is 32.3. The first-order chi connectivity index (χ1) is 41.7. The maximum atomic E-state index is 14.3. The lowest BCUT2D eigenvalue weighted by Gasteiger charge is -2.36. The van der Waals surface area contributed by atoms with Crippen LogP contribution in [0.15, 0.2) is 139 Å². The summed E-state index contributed by atoms with van der Waals surface area (Å²) in [6, 6.07) is 28.7. The Morgan fingerprint density at radius 3 is 1.40 bits per heavy atom. The molecule has 2 fully saturated rings. The molecule has 2 atom stereocenters. The fraction of sp³-hybridized carbons (Fsp3) is 0.365. The summed E-state index contributed by atoms with van der Waals surface area (Å²) < 4.78 is 83.4. The van der Waals surface area contributed by atoms with Gasteiger partial charge in [-0.1, -0.05) is 43.8 Å². The van der Waals surface area contributed by atoms with Crippen LogP contribution in [0.2, 0.25) is 0 Å². The van der Waals surface area contributed by atoms with Crippen molar-refractivity contribution in [3.05, 3.63) is 165 Å². The van der Waals surface area contributed by atoms with Crippen molar-refractivity contribution >= 4 is 77.7 Å². The minimum Gasteiger partial charge on any atom is -0.493 e. The van der Waals surface area contributed by atoms with Crippen molar-refractivity contribution in [2.75, 3.05) is 90.6 Å². The van der Waals surface area contributed by atoms with Crippen LogP contribution in [0.3, 0.4) is 0 Å². The molecule has 0 aliphatic carbocycles. The average Bonchev–Trinajstić information content (AvgIpc) is 1.73. The van der Waals surface area contributed by atoms with E-state index < -0.39 is 32.1 Å². The molecule has 11 rings (SSSR count). The van der Waals surface area contributed by atoms with E-state index in [2.05, 4.69) is 24.1 Å². The van der Waals surface area contributed by atoms with E-state index in [0.717, 1.165) is 91.6 Å². The molecule has 4 amide bonds. The van der Waals surface area contributed by atoms with Gasteiger partial charge in [-0.05, 0) is 134 Å². The van der Waals surface area contributed by atoms with Gasteiger partial charge >= 0.3 is 0 Å². The molecule has 462 valence electrons. The number of furan rings is 1. The molecule has 4 aliphatic rings. The summed E-state index contributed by atoms with van der Waals surface area (Å²) in [6.45, 7) is 5.81. The molecule has 7 aromatic rings. The molecular weight excluding hydrogens is 1190 g/mol. The highest BCUT2D eigenvalue weighted by Gasteiger charge is 2.45. The van der Waals surface area contributed by atoms with Gasteiger partial charge in [-0.3, -0.25) is 33.9 Å². The van der Waals surface area contributed by atoms with E-state index in [4.69, 9.17) is 23.4 Å². The Bertz CT molecular complexity index is 3750. The summed E-state index contributed by atoms with van der Waals surface area (Å²) in [5.74, 6) is 0.574. The van der Waals surface area contributed by atoms with Crippen LogP contribution in [0.1, 0.15) is 123 Å². The van der Waals surface area contributed by atoms with Crippen molar-refractivity contribution in [1.82, 2.24) is 24.1 Å². The molecule has 0 spiro atoms. The molecule has 0 saturated carbocycles. The second kappa shape index (κ2) is 28.5. The van der Waals surface area contributed by atoms with E-state index in [-0.39, 0.29) is 52.6 Å². The first-order valence-corrected chi connectivity index (χ1v) is 33.1. The van der Waals surface area contributed by atoms with Gasteiger partial charge in [-0.2, -0.15) is 0 Å². The Kier molecular flexibility index (Phi) is 20.9. The molecule has 0 unspecified atom stereocenters. The summed E-state index contributed by atoms with van der Waals surface area (Å²) in [5.41, 5.74) is 5.66. The van der Waals surface area contributed by atoms with Gasteiger partial charge in [-0.15, -0.1) is 22.7 Å². The molecular formula is C63H73N7O13S4. The molecule has 4 aromatic carbocycles. The van der Waals surface area contributed by atoms with Crippen molar-refractivity contribution in [3.8, 4) is 23.0 Å². The zero-order valence-corrected chi connectivity index (χ0v) is 51.5. The summed E-state index contributed by atoms with van der Waals surface area (Å²) >= 11 is 2.29. The molecule has 0 radical (unpaired) electrons. The lowest BCUT2D eigenvalue weighted by atomic mass is 9.99. The van der Waals surface area contributed by atoms with Crippen molar-refractivity contribution in [2.45, 2.75) is 79.4 Å². The number of hydrogen-bond donors (Lipinski definition) is 2. The first-order valence-electron chi connectivity index (χ1n) is 28.4. The summed E-state index contributed by atoms with van der Waals surface area (Å²) in [4.78, 5) is 65.5. The maximum absolute atomic E-state index is 14.3. The molecule has 4 aliphatic heterocycles. The van der Waals surface area contributed by atoms with Crippen LogP contribution in [0, 0.1) is 0 Å². The van der Waals surface area contributed by atoms with Crippen LogP contribution in [0.5, 0.6) is 23.0 Å². The van der Waals surface area contributed by atoms with Crippen LogP contribution in [-0.4, -0.2) is 136 Å². The van der Waals surface area contributed by atoms with Crippen molar-refractivity contribution in [2.24, 2.45) is 0 Å². The van der Waals surface area contributed by atoms with Gasteiger partial charge in [0.05, 0.1) is 86.7 Å². The summed E-state index contributed by atoms with van der Waals surface area (Å²) in [7, 11) is -1.13. The highest BCUT2D eigenvalue weighted by Crippen LogP contribution is 2.43. The number of nitrogens with zero attached hydrogens (tertiary/aromatic N) is 5. The predicted molar refractivity (Wildman–Crippen MR) is 335 cm³/mol. The number of hydrogen-bond acceptors (Lipinski definition) is 18. The van der Waals surface area contributed by atoms with E-state index >= 15 is 0 Å². The molecule has 7 heterocycles. The standard InChI is InChI=1S/C33H36N4O7S2.C29H33N3O6S2.CH4/c1-42-28-11-10-24(20-29(28)43-2)26(8-4-13-34-46(40,41)30-9-5-19-45-30)37-32(38)25-6-3-7-27(31(25)33(37)39)36-16-14-35(15-17-36)21-23-12-18-44-22-23;1-37-24-14-13-20(19-25(24)38-2)22(11-7-15-30-40(35,36)26-12-8-18-39-26)32-28(33)21-9-6-10-23(27(21)29(32)34)31-16-4-3-5-17-31;/h3,5-7,9-12,18-20,22,26,34H,4,8,13-17,21H2,1-2H3;6,8-10,12-14,18-19,22,30H,3-5,7,11,15-17H2,1-2H3;1H4/t26-;22-;/m11./s1. The smallest absolute Gasteiger partial charge is 0.264 e. The third-order valence-corrected chi connectivity index (χ3v) is 21.6. The SMILES string of the molecule is C.COc1ccc([C@@H](CCCNS(=O)(=O)c2cccs2)N2C(=O)c3cccc(N4CCCCC4)c3C2=O)cc1OC.COc1ccc([C@@H](CCCNS(=O)(=O)c2cccs2)N2C(=O)c3cccc(N4CCN(Cc5ccoc5)CC4)c3C2=O)cc1OC. The van der Waals surface area contributed by atoms with Crippen LogP contribution < -0.4 is 38.2 Å². The normalized spacial score (nSPS) is 16.0. The van der Waals surface area contributed by atoms with E-state index in [0.29, 0.717) is 95.2 Å². The van der Waals surface area contributed by atoms with Gasteiger partial charge < -0.3 is 33.2 Å². The number of amides is 4. The Hall–Kier alpha value is -7.58. The van der Waals surface area contributed by atoms with Crippen LogP contribution in [0.4, 0.5) is 11.4 Å². The molecule has 20 nitrogen and oxygen atoms in total. The predicted octanol–water partition coefficient (Wildman–Crippen LogP) is 10.3. The Labute approximate surface area is 516 Å². The number of imide groups is 2. The van der Waals surface area contributed by atoms with Crippen LogP contribution >= 0.6 is 22.7 Å². The van der Waals surface area contributed by atoms with Crippen molar-refractivity contribution in [3.63, 3.8) is 0 Å². The van der Waals surface area contributed by atoms with E-state index in [9.17, 15) is 36.0 Å². The van der Waals surface area contributed by atoms with E-state index in [1.165, 1.54) is 31.1 Å². The quantitative estimate of drug-likeness (QED) is 0.0424. The molecule has 87 heavy (non-hydrogen) atoms. The van der Waals surface area contributed by atoms with Crippen molar-refractivity contribution < 1.29 is 59.4 Å². The number of nitrogens with one attached hydrogen (secondary N) is 2. The Morgan fingerprint density at radius 2 is 0.989 bits per heavy atom. The number of thiophene rings is 2. The molecule has 24 heteroatoms. The minimum absolute atomic E-state index is 0. The largest absolute Gasteiger partial charge is 0.493 e. The highest BCUT2D eigenvalue weighted by molar-refractivity contribution is 7.91. The fourth-order valence-corrected chi connectivity index (χ4v) is 15.8. The van der Waals surface area contributed by atoms with E-state index in [1.54, 1.807) is 91.1 Å². The number of anilines is 2. The second-order valence-electron chi connectivity index (χ2n) is 21.0. The number of sulfonamides is 2. The molecule has 2 N–H and O–H groups in total. The number of methoxy groups -OCH3 is 4. The monoisotopic (exact) mass is 1260 g/mol. The number of piperazine rings is 1. The maximum Gasteiger partial charge on any atom is 0.264 e. The number of fused-ring (bicyclic) bond motifs is 2. The first kappa shape index (κ1) is 63.9. The number of piperidine rings is 1. The molecule has 3 aromatic heterocycles. The van der Waals surface area contributed by atoms with Gasteiger partial charge in [0, 0.05) is 64.5 Å². The van der Waals surface area contributed by atoms with Gasteiger partial charge in [0.1, 0.15) is 8.42 Å². The number of ether oxygens (including phenoxy) is 4. The third-order valence-electron chi connectivity index (χ3n) is 15.9. The fourth-order valence-electron chi connectivity index (χ4n) is 11.6. The topological polar surface area (TPSA) is 227 Å². The second-order valence-corrected chi connectivity index (χ2v) is 26.9. The summed E-state index contributed by atoms with van der Waals surface area (Å²) in [5, 5.41) is 3.42. The lowest BCUT2D eigenvalue weighted by Crippen LogP contribution is -2.46. The number of carbonyl (C=O) groups excluding carboxylic acids is 4. The zero-order chi connectivity index (χ0) is 60.5. The summed E-state index contributed by atoms with van der Waals surface area (Å²) in [6.07, 6.45) is 8.13. The molecule has 2 saturated heterocycles. The Balaban J connectivity index is 0.000000207. The van der Waals surface area contributed by atoms with Crippen LogP contribution in [-0.2, 0) is 26.6 Å². The van der Waals surface area contributed by atoms with Gasteiger partial charge in [-0.25, -0.2) is 26.3 Å². The number of benzene rings is 4. The van der Waals surface area contributed by atoms with Crippen LogP contribution in [0.25, 0.3) is 0 Å². The lowest BCUT2D eigenvalue weighted by molar-refractivity contribution is 0.0557. The van der Waals surface area contributed by atoms with Gasteiger partial charge in [0.15, 0.2) is 23.0 Å².